The summed E-state index contributed by atoms with van der Waals surface area (Å²) in [5, 5.41) is 11.1. The van der Waals surface area contributed by atoms with E-state index in [4.69, 9.17) is 14.2 Å². The molecule has 0 radical (unpaired) electrons. The number of rotatable bonds is 4. The van der Waals surface area contributed by atoms with E-state index in [0.717, 1.165) is 12.2 Å². The highest BCUT2D eigenvalue weighted by Crippen LogP contribution is 2.34. The Balaban J connectivity index is 1.31. The van der Waals surface area contributed by atoms with E-state index in [0.29, 0.717) is 36.2 Å². The summed E-state index contributed by atoms with van der Waals surface area (Å²) in [5.74, 6) is 2.54. The molecule has 0 spiro atoms. The zero-order valence-electron chi connectivity index (χ0n) is 15.2. The van der Waals surface area contributed by atoms with Gasteiger partial charge in [-0.3, -0.25) is 0 Å². The fraction of sp³-hybridized carbons (Fsp3) is 0.389. The van der Waals surface area contributed by atoms with Crippen LogP contribution in [-0.2, 0) is 0 Å². The highest BCUT2D eigenvalue weighted by atomic mass is 16.7. The molecule has 0 saturated carbocycles. The Morgan fingerprint density at radius 3 is 2.85 bits per heavy atom. The van der Waals surface area contributed by atoms with Crippen molar-refractivity contribution in [2.45, 2.75) is 12.5 Å². The van der Waals surface area contributed by atoms with Gasteiger partial charge in [0.05, 0.1) is 6.54 Å². The third kappa shape index (κ3) is 3.81. The number of benzene rings is 1. The van der Waals surface area contributed by atoms with E-state index >= 15 is 0 Å². The SMILES string of the molecule is CN(C)c1ccc(OC2CCN(C(=O)Nc3ccc4c(c3)OCO4)C2)nn1. The van der Waals surface area contributed by atoms with Gasteiger partial charge in [-0.05, 0) is 18.2 Å². The van der Waals surface area contributed by atoms with E-state index in [1.807, 2.05) is 25.1 Å². The van der Waals surface area contributed by atoms with Gasteiger partial charge >= 0.3 is 6.03 Å². The fourth-order valence-corrected chi connectivity index (χ4v) is 2.97. The molecule has 2 aromatic rings. The zero-order chi connectivity index (χ0) is 18.8. The first-order chi connectivity index (χ1) is 13.1. The van der Waals surface area contributed by atoms with E-state index < -0.39 is 0 Å². The number of ether oxygens (including phenoxy) is 3. The molecule has 2 aliphatic rings. The maximum atomic E-state index is 12.5. The normalized spacial score (nSPS) is 17.7. The van der Waals surface area contributed by atoms with Gasteiger partial charge in [-0.25, -0.2) is 4.79 Å². The minimum absolute atomic E-state index is 0.105. The predicted octanol–water partition coefficient (Wildman–Crippen LogP) is 1.96. The van der Waals surface area contributed by atoms with Gasteiger partial charge in [-0.1, -0.05) is 0 Å². The molecule has 1 saturated heterocycles. The summed E-state index contributed by atoms with van der Waals surface area (Å²) < 4.78 is 16.5. The van der Waals surface area contributed by atoms with Crippen molar-refractivity contribution in [1.82, 2.24) is 15.1 Å². The summed E-state index contributed by atoms with van der Waals surface area (Å²) >= 11 is 0. The summed E-state index contributed by atoms with van der Waals surface area (Å²) in [5.41, 5.74) is 0.666. The number of hydrogen-bond acceptors (Lipinski definition) is 7. The molecular formula is C18H21N5O4. The first kappa shape index (κ1) is 17.2. The van der Waals surface area contributed by atoms with Gasteiger partial charge in [0.1, 0.15) is 6.10 Å². The Labute approximate surface area is 156 Å². The molecule has 1 atom stereocenters. The van der Waals surface area contributed by atoms with Crippen LogP contribution in [0.3, 0.4) is 0 Å². The number of likely N-dealkylation sites (tertiary alicyclic amines) is 1. The van der Waals surface area contributed by atoms with Gasteiger partial charge in [-0.2, -0.15) is 0 Å². The van der Waals surface area contributed by atoms with Crippen molar-refractivity contribution >= 4 is 17.5 Å². The molecule has 3 heterocycles. The lowest BCUT2D eigenvalue weighted by Crippen LogP contribution is -2.34. The molecule has 27 heavy (non-hydrogen) atoms. The molecule has 1 aromatic heterocycles. The second-order valence-electron chi connectivity index (χ2n) is 6.60. The zero-order valence-corrected chi connectivity index (χ0v) is 15.2. The van der Waals surface area contributed by atoms with Gasteiger partial charge in [0.2, 0.25) is 12.7 Å². The monoisotopic (exact) mass is 371 g/mol. The molecule has 4 rings (SSSR count). The third-order valence-corrected chi connectivity index (χ3v) is 4.43. The molecule has 9 heteroatoms. The number of urea groups is 1. The number of hydrogen-bond donors (Lipinski definition) is 1. The minimum atomic E-state index is -0.172. The van der Waals surface area contributed by atoms with Gasteiger partial charge in [0, 0.05) is 44.9 Å². The van der Waals surface area contributed by atoms with Crippen LogP contribution in [0, 0.1) is 0 Å². The van der Waals surface area contributed by atoms with Crippen molar-refractivity contribution in [3.8, 4) is 17.4 Å². The summed E-state index contributed by atoms with van der Waals surface area (Å²) in [6.07, 6.45) is 0.637. The standard InChI is InChI=1S/C18H21N5O4/c1-22(2)16-5-6-17(21-20-16)27-13-7-8-23(10-13)18(24)19-12-3-4-14-15(9-12)26-11-25-14/h3-6,9,13H,7-8,10-11H2,1-2H3,(H,19,24). The summed E-state index contributed by atoms with van der Waals surface area (Å²) in [6.45, 7) is 1.31. The van der Waals surface area contributed by atoms with E-state index in [2.05, 4.69) is 15.5 Å². The second-order valence-corrected chi connectivity index (χ2v) is 6.60. The number of fused-ring (bicyclic) bond motifs is 1. The molecule has 1 N–H and O–H groups in total. The molecule has 0 bridgehead atoms. The fourth-order valence-electron chi connectivity index (χ4n) is 2.97. The average molecular weight is 371 g/mol. The lowest BCUT2D eigenvalue weighted by molar-refractivity contribution is 0.174. The van der Waals surface area contributed by atoms with Crippen molar-refractivity contribution in [3.05, 3.63) is 30.3 Å². The lowest BCUT2D eigenvalue weighted by atomic mass is 10.3. The molecule has 142 valence electrons. The average Bonchev–Trinajstić information content (AvgIpc) is 3.31. The van der Waals surface area contributed by atoms with Gasteiger partial charge in [-0.15, -0.1) is 10.2 Å². The van der Waals surface area contributed by atoms with Gasteiger partial charge in [0.15, 0.2) is 17.3 Å². The number of anilines is 2. The van der Waals surface area contributed by atoms with Crippen LogP contribution < -0.4 is 24.4 Å². The third-order valence-electron chi connectivity index (χ3n) is 4.43. The molecule has 0 aliphatic carbocycles. The van der Waals surface area contributed by atoms with E-state index in [-0.39, 0.29) is 18.9 Å². The lowest BCUT2D eigenvalue weighted by Gasteiger charge is -2.18. The van der Waals surface area contributed by atoms with Crippen molar-refractivity contribution in [3.63, 3.8) is 0 Å². The number of carbonyl (C=O) groups excluding carboxylic acids is 1. The molecule has 2 aliphatic heterocycles. The van der Waals surface area contributed by atoms with Crippen molar-refractivity contribution < 1.29 is 19.0 Å². The van der Waals surface area contributed by atoms with Crippen LogP contribution >= 0.6 is 0 Å². The number of nitrogens with zero attached hydrogens (tertiary/aromatic N) is 4. The summed E-state index contributed by atoms with van der Waals surface area (Å²) in [4.78, 5) is 16.1. The van der Waals surface area contributed by atoms with Crippen molar-refractivity contribution in [2.75, 3.05) is 44.2 Å². The number of carbonyl (C=O) groups is 1. The van der Waals surface area contributed by atoms with Gasteiger partial charge < -0.3 is 29.3 Å². The molecular weight excluding hydrogens is 350 g/mol. The Morgan fingerprint density at radius 2 is 2.07 bits per heavy atom. The maximum Gasteiger partial charge on any atom is 0.321 e. The maximum absolute atomic E-state index is 12.5. The van der Waals surface area contributed by atoms with Crippen LogP contribution in [0.5, 0.6) is 17.4 Å². The van der Waals surface area contributed by atoms with Crippen LogP contribution in [0.4, 0.5) is 16.3 Å². The van der Waals surface area contributed by atoms with E-state index in [9.17, 15) is 4.79 Å². The molecule has 1 aromatic carbocycles. The number of amides is 2. The van der Waals surface area contributed by atoms with Gasteiger partial charge in [0.25, 0.3) is 0 Å². The summed E-state index contributed by atoms with van der Waals surface area (Å²) in [6, 6.07) is 8.79. The molecule has 1 unspecified atom stereocenters. The van der Waals surface area contributed by atoms with E-state index in [1.165, 1.54) is 0 Å². The Hall–Kier alpha value is -3.23. The molecule has 1 fully saturated rings. The van der Waals surface area contributed by atoms with Crippen molar-refractivity contribution in [1.29, 1.82) is 0 Å². The topological polar surface area (TPSA) is 89.1 Å². The predicted molar refractivity (Wildman–Crippen MR) is 98.5 cm³/mol. The van der Waals surface area contributed by atoms with Crippen LogP contribution in [0.2, 0.25) is 0 Å². The van der Waals surface area contributed by atoms with Crippen molar-refractivity contribution in [2.24, 2.45) is 0 Å². The minimum Gasteiger partial charge on any atom is -0.471 e. The Kier molecular flexibility index (Phi) is 4.57. The van der Waals surface area contributed by atoms with Crippen LogP contribution in [0.25, 0.3) is 0 Å². The van der Waals surface area contributed by atoms with Crippen LogP contribution in [-0.4, -0.2) is 61.2 Å². The summed E-state index contributed by atoms with van der Waals surface area (Å²) in [7, 11) is 3.80. The first-order valence-electron chi connectivity index (χ1n) is 8.72. The molecule has 9 nitrogen and oxygen atoms in total. The highest BCUT2D eigenvalue weighted by Gasteiger charge is 2.28. The smallest absolute Gasteiger partial charge is 0.321 e. The van der Waals surface area contributed by atoms with Crippen LogP contribution in [0.15, 0.2) is 30.3 Å². The number of aromatic nitrogens is 2. The van der Waals surface area contributed by atoms with E-state index in [1.54, 1.807) is 29.2 Å². The Bertz CT molecular complexity index is 827. The van der Waals surface area contributed by atoms with Crippen LogP contribution in [0.1, 0.15) is 6.42 Å². The first-order valence-corrected chi connectivity index (χ1v) is 8.72. The highest BCUT2D eigenvalue weighted by molar-refractivity contribution is 5.90. The Morgan fingerprint density at radius 1 is 1.22 bits per heavy atom. The second kappa shape index (κ2) is 7.18. The molecule has 2 amide bonds. The quantitative estimate of drug-likeness (QED) is 0.879. The largest absolute Gasteiger partial charge is 0.471 e. The number of nitrogens with one attached hydrogen (secondary N) is 1.